The molecule has 0 bridgehead atoms. The van der Waals surface area contributed by atoms with Crippen LogP contribution in [0.1, 0.15) is 29.9 Å². The van der Waals surface area contributed by atoms with Crippen LogP contribution in [0.3, 0.4) is 0 Å². The van der Waals surface area contributed by atoms with Crippen LogP contribution in [0, 0.1) is 17.5 Å². The Morgan fingerprint density at radius 2 is 1.89 bits per heavy atom. The number of amides is 1. The molecule has 2 aromatic heterocycles. The molecule has 0 fully saturated rings. The van der Waals surface area contributed by atoms with E-state index < -0.39 is 17.5 Å². The quantitative estimate of drug-likeness (QED) is 0.622. The summed E-state index contributed by atoms with van der Waals surface area (Å²) in [4.78, 5) is 22.5. The van der Waals surface area contributed by atoms with Crippen molar-refractivity contribution in [2.45, 2.75) is 26.4 Å². The third kappa shape index (κ3) is 3.90. The molecule has 0 aliphatic rings. The normalized spacial score (nSPS) is 11.1. The Hall–Kier alpha value is -3.16. The fourth-order valence-electron chi connectivity index (χ4n) is 2.80. The number of nitrogens with zero attached hydrogens (tertiary/aromatic N) is 4. The van der Waals surface area contributed by atoms with E-state index in [1.807, 2.05) is 13.8 Å². The number of pyridine rings is 1. The minimum Gasteiger partial charge on any atom is -0.340 e. The summed E-state index contributed by atoms with van der Waals surface area (Å²) in [6.45, 7) is 3.98. The summed E-state index contributed by atoms with van der Waals surface area (Å²) in [5.41, 5.74) is 1.00. The van der Waals surface area contributed by atoms with E-state index in [4.69, 9.17) is 0 Å². The lowest BCUT2D eigenvalue weighted by molar-refractivity contribution is 0.0684. The van der Waals surface area contributed by atoms with Gasteiger partial charge >= 0.3 is 0 Å². The minimum atomic E-state index is -1.54. The standard InChI is InChI=1S/C20H19F3N4O/c1-12(2)27(20(28)17-10-26(3)11-25-17)9-13-6-7-24-16(8-13)14-4-5-15(21)19(23)18(14)22/h4-8,10-12H,9H2,1-3H3. The Bertz CT molecular complexity index is 1020. The van der Waals surface area contributed by atoms with E-state index in [0.29, 0.717) is 11.3 Å². The van der Waals surface area contributed by atoms with E-state index in [2.05, 4.69) is 9.97 Å². The van der Waals surface area contributed by atoms with E-state index in [9.17, 15) is 18.0 Å². The van der Waals surface area contributed by atoms with Crippen LogP contribution >= 0.6 is 0 Å². The summed E-state index contributed by atoms with van der Waals surface area (Å²) < 4.78 is 42.5. The van der Waals surface area contributed by atoms with Crippen molar-refractivity contribution in [2.24, 2.45) is 7.05 Å². The highest BCUT2D eigenvalue weighted by Crippen LogP contribution is 2.25. The van der Waals surface area contributed by atoms with Gasteiger partial charge in [-0.2, -0.15) is 0 Å². The molecule has 0 aliphatic carbocycles. The second-order valence-electron chi connectivity index (χ2n) is 6.72. The van der Waals surface area contributed by atoms with Gasteiger partial charge in [0.1, 0.15) is 5.69 Å². The van der Waals surface area contributed by atoms with Crippen LogP contribution in [0.5, 0.6) is 0 Å². The predicted octanol–water partition coefficient (Wildman–Crippen LogP) is 3.95. The Balaban J connectivity index is 1.91. The number of hydrogen-bond donors (Lipinski definition) is 0. The van der Waals surface area contributed by atoms with Gasteiger partial charge in [0, 0.05) is 37.6 Å². The maximum atomic E-state index is 14.1. The number of carbonyl (C=O) groups is 1. The van der Waals surface area contributed by atoms with Gasteiger partial charge in [0.2, 0.25) is 0 Å². The van der Waals surface area contributed by atoms with Crippen LogP contribution in [0.2, 0.25) is 0 Å². The minimum absolute atomic E-state index is 0.119. The molecular formula is C20H19F3N4O. The maximum absolute atomic E-state index is 14.1. The number of imidazole rings is 1. The zero-order valence-corrected chi connectivity index (χ0v) is 15.7. The molecule has 3 rings (SSSR count). The van der Waals surface area contributed by atoms with Crippen molar-refractivity contribution in [2.75, 3.05) is 0 Å². The van der Waals surface area contributed by atoms with Crippen molar-refractivity contribution >= 4 is 5.91 Å². The van der Waals surface area contributed by atoms with Gasteiger partial charge < -0.3 is 9.47 Å². The summed E-state index contributed by atoms with van der Waals surface area (Å²) in [6, 6.07) is 5.11. The fraction of sp³-hybridized carbons (Fsp3) is 0.250. The molecule has 8 heteroatoms. The van der Waals surface area contributed by atoms with Crippen molar-refractivity contribution in [3.05, 3.63) is 71.7 Å². The Morgan fingerprint density at radius 3 is 2.54 bits per heavy atom. The molecule has 5 nitrogen and oxygen atoms in total. The molecule has 0 unspecified atom stereocenters. The molecule has 146 valence electrons. The van der Waals surface area contributed by atoms with Crippen LogP contribution in [0.25, 0.3) is 11.3 Å². The summed E-state index contributed by atoms with van der Waals surface area (Å²) in [5.74, 6) is -4.34. The third-order valence-corrected chi connectivity index (χ3v) is 4.30. The first-order chi connectivity index (χ1) is 13.3. The topological polar surface area (TPSA) is 51.0 Å². The molecule has 2 heterocycles. The van der Waals surface area contributed by atoms with Crippen molar-refractivity contribution in [3.63, 3.8) is 0 Å². The van der Waals surface area contributed by atoms with Gasteiger partial charge in [-0.1, -0.05) is 0 Å². The summed E-state index contributed by atoms with van der Waals surface area (Å²) in [5, 5.41) is 0. The van der Waals surface area contributed by atoms with Gasteiger partial charge in [-0.3, -0.25) is 9.78 Å². The van der Waals surface area contributed by atoms with E-state index in [1.165, 1.54) is 6.20 Å². The number of carbonyl (C=O) groups excluding carboxylic acids is 1. The first-order valence-electron chi connectivity index (χ1n) is 8.65. The highest BCUT2D eigenvalue weighted by molar-refractivity contribution is 5.92. The van der Waals surface area contributed by atoms with Crippen LogP contribution in [0.4, 0.5) is 13.2 Å². The zero-order valence-electron chi connectivity index (χ0n) is 15.7. The largest absolute Gasteiger partial charge is 0.340 e. The maximum Gasteiger partial charge on any atom is 0.274 e. The lowest BCUT2D eigenvalue weighted by atomic mass is 10.1. The average Bonchev–Trinajstić information content (AvgIpc) is 3.10. The van der Waals surface area contributed by atoms with E-state index in [-0.39, 0.29) is 29.8 Å². The second-order valence-corrected chi connectivity index (χ2v) is 6.72. The van der Waals surface area contributed by atoms with Gasteiger partial charge in [0.25, 0.3) is 5.91 Å². The SMILES string of the molecule is CC(C)N(Cc1ccnc(-c2ccc(F)c(F)c2F)c1)C(=O)c1cn(C)cn1. The first kappa shape index (κ1) is 19.6. The molecule has 3 aromatic rings. The Morgan fingerprint density at radius 1 is 1.14 bits per heavy atom. The van der Waals surface area contributed by atoms with Crippen molar-refractivity contribution in [3.8, 4) is 11.3 Å². The highest BCUT2D eigenvalue weighted by atomic mass is 19.2. The molecule has 1 aromatic carbocycles. The van der Waals surface area contributed by atoms with E-state index >= 15 is 0 Å². The fourth-order valence-corrected chi connectivity index (χ4v) is 2.80. The smallest absolute Gasteiger partial charge is 0.274 e. The molecule has 28 heavy (non-hydrogen) atoms. The van der Waals surface area contributed by atoms with Crippen molar-refractivity contribution in [1.29, 1.82) is 0 Å². The molecule has 0 saturated heterocycles. The number of hydrogen-bond acceptors (Lipinski definition) is 3. The van der Waals surface area contributed by atoms with Crippen LogP contribution < -0.4 is 0 Å². The summed E-state index contributed by atoms with van der Waals surface area (Å²) in [7, 11) is 1.77. The van der Waals surface area contributed by atoms with Gasteiger partial charge in [-0.25, -0.2) is 18.2 Å². The number of halogens is 3. The van der Waals surface area contributed by atoms with Gasteiger partial charge in [0.05, 0.1) is 12.0 Å². The van der Waals surface area contributed by atoms with E-state index in [0.717, 1.165) is 12.1 Å². The number of benzene rings is 1. The molecular weight excluding hydrogens is 369 g/mol. The molecule has 0 radical (unpaired) electrons. The Kier molecular flexibility index (Phi) is 5.48. The van der Waals surface area contributed by atoms with E-state index in [1.54, 1.807) is 41.2 Å². The van der Waals surface area contributed by atoms with Crippen molar-refractivity contribution in [1.82, 2.24) is 19.4 Å². The molecule has 0 spiro atoms. The average molecular weight is 388 g/mol. The number of aromatic nitrogens is 3. The van der Waals surface area contributed by atoms with Gasteiger partial charge in [-0.15, -0.1) is 0 Å². The predicted molar refractivity (Wildman–Crippen MR) is 97.8 cm³/mol. The first-order valence-corrected chi connectivity index (χ1v) is 8.65. The number of aryl methyl sites for hydroxylation is 1. The van der Waals surface area contributed by atoms with Gasteiger partial charge in [-0.05, 0) is 43.7 Å². The Labute approximate surface area is 160 Å². The summed E-state index contributed by atoms with van der Waals surface area (Å²) >= 11 is 0. The van der Waals surface area contributed by atoms with Crippen LogP contribution in [-0.2, 0) is 13.6 Å². The molecule has 0 N–H and O–H groups in total. The lowest BCUT2D eigenvalue weighted by Crippen LogP contribution is -2.36. The zero-order chi connectivity index (χ0) is 20.4. The molecule has 1 amide bonds. The van der Waals surface area contributed by atoms with Crippen LogP contribution in [-0.4, -0.2) is 31.4 Å². The monoisotopic (exact) mass is 388 g/mol. The summed E-state index contributed by atoms with van der Waals surface area (Å²) in [6.07, 6.45) is 4.61. The second kappa shape index (κ2) is 7.84. The van der Waals surface area contributed by atoms with Crippen molar-refractivity contribution < 1.29 is 18.0 Å². The van der Waals surface area contributed by atoms with Gasteiger partial charge in [0.15, 0.2) is 17.5 Å². The molecule has 0 saturated carbocycles. The molecule has 0 aliphatic heterocycles. The third-order valence-electron chi connectivity index (χ3n) is 4.30. The molecule has 0 atom stereocenters. The number of rotatable bonds is 5. The van der Waals surface area contributed by atoms with Crippen LogP contribution in [0.15, 0.2) is 43.0 Å². The lowest BCUT2D eigenvalue weighted by Gasteiger charge is -2.26. The highest BCUT2D eigenvalue weighted by Gasteiger charge is 2.22.